The van der Waals surface area contributed by atoms with Gasteiger partial charge in [0.25, 0.3) is 0 Å². The van der Waals surface area contributed by atoms with Crippen LogP contribution in [0.2, 0.25) is 0 Å². The Hall–Kier alpha value is -2.29. The molecule has 2 aromatic rings. The van der Waals surface area contributed by atoms with Crippen LogP contribution in [0.4, 0.5) is 11.4 Å². The average molecular weight is 268 g/mol. The lowest BCUT2D eigenvalue weighted by molar-refractivity contribution is -0.118. The lowest BCUT2D eigenvalue weighted by atomic mass is 10.1. The van der Waals surface area contributed by atoms with Gasteiger partial charge in [-0.15, -0.1) is 0 Å². The molecule has 3 nitrogen and oxygen atoms in total. The molecular formula is C17H20N2O. The molecule has 0 saturated heterocycles. The molecule has 0 radical (unpaired) electrons. The molecule has 2 N–H and O–H groups in total. The minimum atomic E-state index is 0.114. The Labute approximate surface area is 120 Å². The van der Waals surface area contributed by atoms with E-state index in [1.54, 1.807) is 0 Å². The summed E-state index contributed by atoms with van der Waals surface area (Å²) in [6, 6.07) is 17.3. The number of hydrogen-bond acceptors (Lipinski definition) is 2. The van der Waals surface area contributed by atoms with Crippen LogP contribution in [0.5, 0.6) is 0 Å². The molecule has 0 aliphatic rings. The number of rotatable bonds is 5. The fraction of sp³-hybridized carbons (Fsp3) is 0.235. The Morgan fingerprint density at radius 2 is 1.70 bits per heavy atom. The van der Waals surface area contributed by atoms with Crippen molar-refractivity contribution in [2.24, 2.45) is 0 Å². The van der Waals surface area contributed by atoms with E-state index in [-0.39, 0.29) is 5.91 Å². The molecule has 0 fully saturated rings. The third kappa shape index (κ3) is 3.60. The number of carbonyl (C=O) groups is 1. The van der Waals surface area contributed by atoms with Crippen molar-refractivity contribution in [3.8, 4) is 0 Å². The van der Waals surface area contributed by atoms with Crippen LogP contribution in [0.15, 0.2) is 54.6 Å². The topological polar surface area (TPSA) is 46.3 Å². The monoisotopic (exact) mass is 268 g/mol. The van der Waals surface area contributed by atoms with Crippen molar-refractivity contribution >= 4 is 17.3 Å². The van der Waals surface area contributed by atoms with Crippen molar-refractivity contribution in [1.29, 1.82) is 0 Å². The number of hydrogen-bond donors (Lipinski definition) is 1. The van der Waals surface area contributed by atoms with Gasteiger partial charge in [-0.3, -0.25) is 4.79 Å². The predicted octanol–water partition coefficient (Wildman–Crippen LogP) is 3.25. The van der Waals surface area contributed by atoms with E-state index in [9.17, 15) is 4.79 Å². The number of amides is 1. The Balaban J connectivity index is 2.13. The summed E-state index contributed by atoms with van der Waals surface area (Å²) in [5, 5.41) is 0. The van der Waals surface area contributed by atoms with E-state index in [4.69, 9.17) is 5.73 Å². The maximum atomic E-state index is 12.5. The number of carbonyl (C=O) groups excluding carboxylic acids is 1. The number of benzene rings is 2. The minimum Gasteiger partial charge on any atom is -0.399 e. The molecule has 0 heterocycles. The van der Waals surface area contributed by atoms with Crippen molar-refractivity contribution < 1.29 is 4.79 Å². The van der Waals surface area contributed by atoms with E-state index in [1.165, 1.54) is 0 Å². The van der Waals surface area contributed by atoms with Gasteiger partial charge in [-0.05, 0) is 36.2 Å². The number of nitrogens with zero attached hydrogens (tertiary/aromatic N) is 1. The molecule has 20 heavy (non-hydrogen) atoms. The number of nitrogens with two attached hydrogens (primary N) is 1. The van der Waals surface area contributed by atoms with E-state index in [2.05, 4.69) is 6.92 Å². The molecule has 0 atom stereocenters. The van der Waals surface area contributed by atoms with Crippen LogP contribution >= 0.6 is 0 Å². The Morgan fingerprint density at radius 3 is 2.30 bits per heavy atom. The van der Waals surface area contributed by atoms with E-state index in [0.717, 1.165) is 29.9 Å². The molecule has 0 saturated carbocycles. The van der Waals surface area contributed by atoms with Gasteiger partial charge < -0.3 is 10.6 Å². The molecule has 1 amide bonds. The van der Waals surface area contributed by atoms with Gasteiger partial charge in [0.2, 0.25) is 5.91 Å². The second-order valence-corrected chi connectivity index (χ2v) is 4.80. The minimum absolute atomic E-state index is 0.114. The molecule has 2 rings (SSSR count). The molecule has 0 bridgehead atoms. The van der Waals surface area contributed by atoms with Gasteiger partial charge in [0, 0.05) is 17.9 Å². The second-order valence-electron chi connectivity index (χ2n) is 4.80. The van der Waals surface area contributed by atoms with Crippen LogP contribution in [0.3, 0.4) is 0 Å². The first-order valence-electron chi connectivity index (χ1n) is 6.90. The summed E-state index contributed by atoms with van der Waals surface area (Å²) < 4.78 is 0. The van der Waals surface area contributed by atoms with Crippen LogP contribution in [0.1, 0.15) is 18.9 Å². The quantitative estimate of drug-likeness (QED) is 0.846. The summed E-state index contributed by atoms with van der Waals surface area (Å²) in [7, 11) is 0. The third-order valence-electron chi connectivity index (χ3n) is 3.15. The molecule has 2 aromatic carbocycles. The standard InChI is InChI=1S/C17H20N2O/c1-2-12-19(16-6-4-3-5-7-16)17(20)13-14-8-10-15(18)11-9-14/h3-11H,2,12-13,18H2,1H3. The maximum Gasteiger partial charge on any atom is 0.231 e. The van der Waals surface area contributed by atoms with E-state index >= 15 is 0 Å². The van der Waals surface area contributed by atoms with Crippen molar-refractivity contribution in [3.63, 3.8) is 0 Å². The average Bonchev–Trinajstić information content (AvgIpc) is 2.48. The Bertz CT molecular complexity index is 549. The number of anilines is 2. The molecule has 0 spiro atoms. The highest BCUT2D eigenvalue weighted by Crippen LogP contribution is 2.16. The summed E-state index contributed by atoms with van der Waals surface area (Å²) in [5.41, 5.74) is 8.32. The van der Waals surface area contributed by atoms with E-state index in [0.29, 0.717) is 6.42 Å². The summed E-state index contributed by atoms with van der Waals surface area (Å²) in [6.45, 7) is 2.81. The van der Waals surface area contributed by atoms with Gasteiger partial charge in [-0.2, -0.15) is 0 Å². The smallest absolute Gasteiger partial charge is 0.231 e. The normalized spacial score (nSPS) is 10.2. The van der Waals surface area contributed by atoms with Crippen molar-refractivity contribution in [2.75, 3.05) is 17.2 Å². The van der Waals surface area contributed by atoms with Crippen molar-refractivity contribution in [2.45, 2.75) is 19.8 Å². The summed E-state index contributed by atoms with van der Waals surface area (Å²) in [4.78, 5) is 14.3. The Morgan fingerprint density at radius 1 is 1.05 bits per heavy atom. The van der Waals surface area contributed by atoms with Gasteiger partial charge in [0.15, 0.2) is 0 Å². The van der Waals surface area contributed by atoms with Crippen LogP contribution in [0.25, 0.3) is 0 Å². The fourth-order valence-corrected chi connectivity index (χ4v) is 2.13. The molecule has 3 heteroatoms. The van der Waals surface area contributed by atoms with Gasteiger partial charge in [-0.1, -0.05) is 37.3 Å². The SMILES string of the molecule is CCCN(C(=O)Cc1ccc(N)cc1)c1ccccc1. The summed E-state index contributed by atoms with van der Waals surface area (Å²) in [6.07, 6.45) is 1.33. The zero-order chi connectivity index (χ0) is 14.4. The van der Waals surface area contributed by atoms with E-state index < -0.39 is 0 Å². The lowest BCUT2D eigenvalue weighted by Crippen LogP contribution is -2.32. The fourth-order valence-electron chi connectivity index (χ4n) is 2.13. The number of para-hydroxylation sites is 1. The molecule has 0 aliphatic carbocycles. The predicted molar refractivity (Wildman–Crippen MR) is 83.6 cm³/mol. The molecular weight excluding hydrogens is 248 g/mol. The van der Waals surface area contributed by atoms with Crippen LogP contribution < -0.4 is 10.6 Å². The largest absolute Gasteiger partial charge is 0.399 e. The third-order valence-corrected chi connectivity index (χ3v) is 3.15. The zero-order valence-corrected chi connectivity index (χ0v) is 11.8. The maximum absolute atomic E-state index is 12.5. The van der Waals surface area contributed by atoms with Gasteiger partial charge in [0.05, 0.1) is 6.42 Å². The van der Waals surface area contributed by atoms with Crippen LogP contribution in [0, 0.1) is 0 Å². The number of nitrogen functional groups attached to an aromatic ring is 1. The van der Waals surface area contributed by atoms with Gasteiger partial charge >= 0.3 is 0 Å². The first-order valence-corrected chi connectivity index (χ1v) is 6.90. The highest BCUT2D eigenvalue weighted by molar-refractivity contribution is 5.94. The van der Waals surface area contributed by atoms with Gasteiger partial charge in [0.1, 0.15) is 0 Å². The highest BCUT2D eigenvalue weighted by atomic mass is 16.2. The molecule has 104 valence electrons. The summed E-state index contributed by atoms with van der Waals surface area (Å²) in [5.74, 6) is 0.114. The summed E-state index contributed by atoms with van der Waals surface area (Å²) >= 11 is 0. The Kier molecular flexibility index (Phi) is 4.77. The lowest BCUT2D eigenvalue weighted by Gasteiger charge is -2.22. The van der Waals surface area contributed by atoms with Crippen LogP contribution in [-0.4, -0.2) is 12.5 Å². The zero-order valence-electron chi connectivity index (χ0n) is 11.8. The molecule has 0 aromatic heterocycles. The molecule has 0 aliphatic heterocycles. The van der Waals surface area contributed by atoms with E-state index in [1.807, 2.05) is 59.5 Å². The highest BCUT2D eigenvalue weighted by Gasteiger charge is 2.14. The van der Waals surface area contributed by atoms with Crippen LogP contribution in [-0.2, 0) is 11.2 Å². The van der Waals surface area contributed by atoms with Crippen molar-refractivity contribution in [3.05, 3.63) is 60.2 Å². The first-order chi connectivity index (χ1) is 9.70. The van der Waals surface area contributed by atoms with Crippen molar-refractivity contribution in [1.82, 2.24) is 0 Å². The molecule has 0 unspecified atom stereocenters. The van der Waals surface area contributed by atoms with Gasteiger partial charge in [-0.25, -0.2) is 0 Å². The first kappa shape index (κ1) is 14.1. The second kappa shape index (κ2) is 6.75.